The zero-order chi connectivity index (χ0) is 21.0. The summed E-state index contributed by atoms with van der Waals surface area (Å²) in [5.41, 5.74) is 4.22. The Morgan fingerprint density at radius 1 is 1.10 bits per heavy atom. The highest BCUT2D eigenvalue weighted by molar-refractivity contribution is 7.99. The van der Waals surface area contributed by atoms with Crippen LogP contribution in [0, 0.1) is 20.8 Å². The van der Waals surface area contributed by atoms with E-state index in [-0.39, 0.29) is 17.8 Å². The van der Waals surface area contributed by atoms with Crippen LogP contribution in [0.4, 0.5) is 5.69 Å². The van der Waals surface area contributed by atoms with Crippen LogP contribution in [0.1, 0.15) is 35.5 Å². The van der Waals surface area contributed by atoms with Gasteiger partial charge in [0.2, 0.25) is 5.91 Å². The molecule has 0 aliphatic heterocycles. The van der Waals surface area contributed by atoms with E-state index in [2.05, 4.69) is 28.5 Å². The monoisotopic (exact) mass is 410 g/mol. The molecule has 1 atom stereocenters. The number of amides is 1. The maximum absolute atomic E-state index is 12.2. The maximum Gasteiger partial charge on any atom is 0.234 e. The van der Waals surface area contributed by atoms with E-state index in [1.807, 2.05) is 68.8 Å². The minimum absolute atomic E-state index is 0.0806. The van der Waals surface area contributed by atoms with Crippen molar-refractivity contribution in [2.45, 2.75) is 39.0 Å². The Hall–Kier alpha value is -2.80. The van der Waals surface area contributed by atoms with Gasteiger partial charge in [0.1, 0.15) is 5.75 Å². The number of aromatic nitrogens is 3. The van der Waals surface area contributed by atoms with Crippen molar-refractivity contribution in [2.75, 3.05) is 11.1 Å². The molecule has 152 valence electrons. The van der Waals surface area contributed by atoms with Crippen LogP contribution in [0.25, 0.3) is 0 Å². The fraction of sp³-hybridized carbons (Fsp3) is 0.318. The summed E-state index contributed by atoms with van der Waals surface area (Å²) in [4.78, 5) is 12.2. The molecule has 0 bridgehead atoms. The lowest BCUT2D eigenvalue weighted by molar-refractivity contribution is -0.113. The molecular formula is C22H26N4O2S. The number of anilines is 1. The van der Waals surface area contributed by atoms with E-state index in [9.17, 15) is 4.79 Å². The molecule has 1 N–H and O–H groups in total. The van der Waals surface area contributed by atoms with Gasteiger partial charge in [-0.05, 0) is 51.5 Å². The van der Waals surface area contributed by atoms with Crippen LogP contribution < -0.4 is 10.1 Å². The highest BCUT2D eigenvalue weighted by Crippen LogP contribution is 2.26. The zero-order valence-corrected chi connectivity index (χ0v) is 18.2. The highest BCUT2D eigenvalue weighted by atomic mass is 32.2. The third kappa shape index (κ3) is 5.38. The molecule has 6 nitrogen and oxygen atoms in total. The van der Waals surface area contributed by atoms with Crippen molar-refractivity contribution >= 4 is 23.4 Å². The molecule has 0 radical (unpaired) electrons. The summed E-state index contributed by atoms with van der Waals surface area (Å²) in [6.07, 6.45) is -0.260. The first-order valence-electron chi connectivity index (χ1n) is 9.46. The number of carbonyl (C=O) groups excluding carboxylic acids is 1. The number of aryl methyl sites for hydroxylation is 3. The van der Waals surface area contributed by atoms with Crippen molar-refractivity contribution in [3.05, 3.63) is 65.0 Å². The molecule has 1 amide bonds. The second-order valence-electron chi connectivity index (χ2n) is 7.13. The second kappa shape index (κ2) is 9.13. The van der Waals surface area contributed by atoms with Crippen LogP contribution >= 0.6 is 11.8 Å². The first-order chi connectivity index (χ1) is 13.8. The predicted molar refractivity (Wildman–Crippen MR) is 116 cm³/mol. The van der Waals surface area contributed by atoms with E-state index in [0.29, 0.717) is 11.0 Å². The molecule has 0 saturated heterocycles. The van der Waals surface area contributed by atoms with Gasteiger partial charge < -0.3 is 14.6 Å². The number of thioether (sulfide) groups is 1. The standard InChI is InChI=1S/C22H26N4O2S/c1-14-6-9-18(10-7-14)23-20(27)13-29-22-25-24-21(26(22)5)17(4)28-19-11-8-15(2)12-16(19)3/h6-12,17H,13H2,1-5H3,(H,23,27). The quantitative estimate of drug-likeness (QED) is 0.576. The number of benzene rings is 2. The number of carbonyl (C=O) groups is 1. The molecular weight excluding hydrogens is 384 g/mol. The topological polar surface area (TPSA) is 69.0 Å². The van der Waals surface area contributed by atoms with Crippen molar-refractivity contribution in [3.8, 4) is 5.75 Å². The summed E-state index contributed by atoms with van der Waals surface area (Å²) in [5, 5.41) is 12.1. The third-order valence-electron chi connectivity index (χ3n) is 4.53. The molecule has 0 aliphatic rings. The summed E-state index contributed by atoms with van der Waals surface area (Å²) in [6, 6.07) is 13.8. The van der Waals surface area contributed by atoms with Crippen molar-refractivity contribution < 1.29 is 9.53 Å². The van der Waals surface area contributed by atoms with Crippen LogP contribution in [-0.4, -0.2) is 26.4 Å². The zero-order valence-electron chi connectivity index (χ0n) is 17.4. The molecule has 0 spiro atoms. The summed E-state index contributed by atoms with van der Waals surface area (Å²) in [5.74, 6) is 1.72. The summed E-state index contributed by atoms with van der Waals surface area (Å²) in [6.45, 7) is 8.04. The van der Waals surface area contributed by atoms with Gasteiger partial charge in [0.05, 0.1) is 5.75 Å². The summed E-state index contributed by atoms with van der Waals surface area (Å²) in [7, 11) is 1.89. The van der Waals surface area contributed by atoms with Crippen LogP contribution in [-0.2, 0) is 11.8 Å². The largest absolute Gasteiger partial charge is 0.482 e. The molecule has 3 aromatic rings. The molecule has 3 rings (SSSR count). The molecule has 1 unspecified atom stereocenters. The Morgan fingerprint density at radius 3 is 2.48 bits per heavy atom. The van der Waals surface area contributed by atoms with Crippen molar-refractivity contribution in [1.29, 1.82) is 0 Å². The lowest BCUT2D eigenvalue weighted by atomic mass is 10.1. The van der Waals surface area contributed by atoms with Crippen LogP contribution in [0.3, 0.4) is 0 Å². The van der Waals surface area contributed by atoms with Crippen LogP contribution in [0.5, 0.6) is 5.75 Å². The van der Waals surface area contributed by atoms with Crippen molar-refractivity contribution in [3.63, 3.8) is 0 Å². The van der Waals surface area contributed by atoms with Gasteiger partial charge in [-0.3, -0.25) is 4.79 Å². The van der Waals surface area contributed by atoms with E-state index < -0.39 is 0 Å². The van der Waals surface area contributed by atoms with Gasteiger partial charge in [-0.1, -0.05) is 47.2 Å². The van der Waals surface area contributed by atoms with E-state index in [1.54, 1.807) is 0 Å². The second-order valence-corrected chi connectivity index (χ2v) is 8.07. The summed E-state index contributed by atoms with van der Waals surface area (Å²) >= 11 is 1.35. The van der Waals surface area contributed by atoms with Gasteiger partial charge in [0, 0.05) is 12.7 Å². The smallest absolute Gasteiger partial charge is 0.234 e. The van der Waals surface area contributed by atoms with Gasteiger partial charge in [-0.2, -0.15) is 0 Å². The minimum atomic E-state index is -0.260. The number of hydrogen-bond donors (Lipinski definition) is 1. The van der Waals surface area contributed by atoms with Gasteiger partial charge in [0.25, 0.3) is 0 Å². The Labute approximate surface area is 175 Å². The molecule has 29 heavy (non-hydrogen) atoms. The van der Waals surface area contributed by atoms with Crippen molar-refractivity contribution in [1.82, 2.24) is 14.8 Å². The van der Waals surface area contributed by atoms with Crippen LogP contribution in [0.2, 0.25) is 0 Å². The molecule has 0 fully saturated rings. The minimum Gasteiger partial charge on any atom is -0.482 e. The Bertz CT molecular complexity index is 999. The lowest BCUT2D eigenvalue weighted by Gasteiger charge is -2.16. The normalized spacial score (nSPS) is 11.9. The molecule has 0 aliphatic carbocycles. The fourth-order valence-electron chi connectivity index (χ4n) is 2.94. The fourth-order valence-corrected chi connectivity index (χ4v) is 3.66. The van der Waals surface area contributed by atoms with E-state index in [0.717, 1.165) is 22.6 Å². The number of ether oxygens (including phenoxy) is 1. The highest BCUT2D eigenvalue weighted by Gasteiger charge is 2.18. The van der Waals surface area contributed by atoms with Gasteiger partial charge in [0.15, 0.2) is 17.1 Å². The number of rotatable bonds is 7. The van der Waals surface area contributed by atoms with Gasteiger partial charge in [-0.25, -0.2) is 0 Å². The van der Waals surface area contributed by atoms with Gasteiger partial charge in [-0.15, -0.1) is 10.2 Å². The predicted octanol–water partition coefficient (Wildman–Crippen LogP) is 4.61. The Morgan fingerprint density at radius 2 is 1.79 bits per heavy atom. The average Bonchev–Trinajstić information content (AvgIpc) is 3.05. The first kappa shape index (κ1) is 20.9. The van der Waals surface area contributed by atoms with Crippen LogP contribution in [0.15, 0.2) is 47.6 Å². The molecule has 1 heterocycles. The number of hydrogen-bond acceptors (Lipinski definition) is 5. The van der Waals surface area contributed by atoms with E-state index in [4.69, 9.17) is 4.74 Å². The molecule has 0 saturated carbocycles. The Balaban J connectivity index is 1.59. The molecule has 2 aromatic carbocycles. The lowest BCUT2D eigenvalue weighted by Crippen LogP contribution is -2.15. The van der Waals surface area contributed by atoms with Crippen molar-refractivity contribution in [2.24, 2.45) is 7.05 Å². The van der Waals surface area contributed by atoms with E-state index in [1.165, 1.54) is 17.3 Å². The summed E-state index contributed by atoms with van der Waals surface area (Å²) < 4.78 is 7.96. The first-order valence-corrected chi connectivity index (χ1v) is 10.4. The van der Waals surface area contributed by atoms with E-state index >= 15 is 0 Å². The third-order valence-corrected chi connectivity index (χ3v) is 5.55. The molecule has 7 heteroatoms. The SMILES string of the molecule is Cc1ccc(NC(=O)CSc2nnc(C(C)Oc3ccc(C)cc3C)n2C)cc1. The maximum atomic E-state index is 12.2. The Kier molecular flexibility index (Phi) is 6.59. The number of nitrogens with one attached hydrogen (secondary N) is 1. The molecule has 1 aromatic heterocycles. The number of nitrogens with zero attached hydrogens (tertiary/aromatic N) is 3. The average molecular weight is 411 g/mol. The van der Waals surface area contributed by atoms with Gasteiger partial charge >= 0.3 is 0 Å².